The topological polar surface area (TPSA) is 92.1 Å². The Kier molecular flexibility index (Phi) is 5.75. The lowest BCUT2D eigenvalue weighted by Crippen LogP contribution is -2.39. The summed E-state index contributed by atoms with van der Waals surface area (Å²) in [5, 5.41) is 16.5. The van der Waals surface area contributed by atoms with Gasteiger partial charge in [0.1, 0.15) is 6.04 Å². The lowest BCUT2D eigenvalue weighted by Gasteiger charge is -2.13. The second-order valence-electron chi connectivity index (χ2n) is 4.96. The van der Waals surface area contributed by atoms with Gasteiger partial charge in [0, 0.05) is 6.54 Å². The van der Waals surface area contributed by atoms with Gasteiger partial charge in [-0.05, 0) is 26.8 Å². The highest BCUT2D eigenvalue weighted by Gasteiger charge is 2.17. The largest absolute Gasteiger partial charge is 0.406 e. The van der Waals surface area contributed by atoms with Crippen LogP contribution in [0.25, 0.3) is 0 Å². The van der Waals surface area contributed by atoms with E-state index in [0.29, 0.717) is 18.4 Å². The maximum atomic E-state index is 11.8. The summed E-state index contributed by atoms with van der Waals surface area (Å²) in [5.74, 6) is 0.817. The van der Waals surface area contributed by atoms with E-state index in [4.69, 9.17) is 4.42 Å². The Morgan fingerprint density at radius 1 is 1.26 bits per heavy atom. The van der Waals surface area contributed by atoms with Crippen LogP contribution in [0.15, 0.2) is 4.42 Å². The van der Waals surface area contributed by atoms with Crippen molar-refractivity contribution in [2.75, 3.05) is 18.9 Å². The first-order valence-corrected chi connectivity index (χ1v) is 6.49. The molecule has 0 fully saturated rings. The van der Waals surface area contributed by atoms with E-state index in [1.54, 1.807) is 6.92 Å². The Labute approximate surface area is 113 Å². The van der Waals surface area contributed by atoms with Crippen LogP contribution in [-0.2, 0) is 4.79 Å². The molecule has 0 aromatic carbocycles. The molecule has 2 unspecified atom stereocenters. The van der Waals surface area contributed by atoms with Gasteiger partial charge < -0.3 is 20.4 Å². The van der Waals surface area contributed by atoms with Crippen molar-refractivity contribution in [3.63, 3.8) is 0 Å². The summed E-state index contributed by atoms with van der Waals surface area (Å²) in [6, 6.07) is -0.186. The first kappa shape index (κ1) is 15.4. The summed E-state index contributed by atoms with van der Waals surface area (Å²) >= 11 is 0. The summed E-state index contributed by atoms with van der Waals surface area (Å²) in [4.78, 5) is 11.8. The van der Waals surface area contributed by atoms with Gasteiger partial charge in [0.05, 0.1) is 6.04 Å². The third kappa shape index (κ3) is 4.86. The molecule has 2 atom stereocenters. The number of aromatic nitrogens is 2. The zero-order chi connectivity index (χ0) is 14.4. The average Bonchev–Trinajstić information content (AvgIpc) is 2.83. The van der Waals surface area contributed by atoms with E-state index < -0.39 is 6.04 Å². The smallest absolute Gasteiger partial charge is 0.316 e. The molecule has 108 valence electrons. The number of amides is 1. The molecule has 7 heteroatoms. The number of carbonyl (C=O) groups excluding carboxylic acids is 1. The number of rotatable bonds is 7. The number of anilines is 1. The van der Waals surface area contributed by atoms with Crippen LogP contribution >= 0.6 is 0 Å². The number of nitrogens with one attached hydrogen (secondary N) is 3. The summed E-state index contributed by atoms with van der Waals surface area (Å²) < 4.78 is 5.41. The molecule has 1 rings (SSSR count). The lowest BCUT2D eigenvalue weighted by atomic mass is 10.2. The van der Waals surface area contributed by atoms with Gasteiger partial charge in [-0.1, -0.05) is 18.9 Å². The van der Waals surface area contributed by atoms with Crippen molar-refractivity contribution in [1.82, 2.24) is 20.8 Å². The van der Waals surface area contributed by atoms with Crippen LogP contribution in [0.2, 0.25) is 0 Å². The number of hydrogen-bond donors (Lipinski definition) is 3. The van der Waals surface area contributed by atoms with Crippen LogP contribution < -0.4 is 16.0 Å². The van der Waals surface area contributed by atoms with Crippen LogP contribution in [0.5, 0.6) is 0 Å². The van der Waals surface area contributed by atoms with E-state index in [0.717, 1.165) is 0 Å². The Hall–Kier alpha value is -1.63. The summed E-state index contributed by atoms with van der Waals surface area (Å²) in [7, 11) is 1.81. The van der Waals surface area contributed by atoms with E-state index in [-0.39, 0.29) is 18.0 Å². The predicted molar refractivity (Wildman–Crippen MR) is 72.7 cm³/mol. The van der Waals surface area contributed by atoms with Crippen molar-refractivity contribution in [1.29, 1.82) is 0 Å². The van der Waals surface area contributed by atoms with Crippen molar-refractivity contribution >= 4 is 11.9 Å². The summed E-state index contributed by atoms with van der Waals surface area (Å²) in [5.41, 5.74) is 0. The predicted octanol–water partition coefficient (Wildman–Crippen LogP) is 0.923. The van der Waals surface area contributed by atoms with Crippen LogP contribution in [0.4, 0.5) is 6.01 Å². The van der Waals surface area contributed by atoms with Gasteiger partial charge in [-0.2, -0.15) is 0 Å². The molecule has 0 spiro atoms. The van der Waals surface area contributed by atoms with Gasteiger partial charge in [-0.25, -0.2) is 0 Å². The molecule has 1 amide bonds. The zero-order valence-electron chi connectivity index (χ0n) is 12.2. The molecule has 19 heavy (non-hydrogen) atoms. The lowest BCUT2D eigenvalue weighted by molar-refractivity contribution is -0.121. The van der Waals surface area contributed by atoms with Crippen molar-refractivity contribution < 1.29 is 9.21 Å². The summed E-state index contributed by atoms with van der Waals surface area (Å²) in [6.45, 7) is 8.40. The molecule has 7 nitrogen and oxygen atoms in total. The van der Waals surface area contributed by atoms with Gasteiger partial charge in [0.15, 0.2) is 0 Å². The van der Waals surface area contributed by atoms with Crippen molar-refractivity contribution in [3.05, 3.63) is 5.89 Å². The number of carbonyl (C=O) groups is 1. The third-order valence-electron chi connectivity index (χ3n) is 2.66. The minimum absolute atomic E-state index is 0.0203. The fraction of sp³-hybridized carbons (Fsp3) is 0.750. The molecule has 0 saturated heterocycles. The van der Waals surface area contributed by atoms with Crippen LogP contribution in [0.1, 0.15) is 39.6 Å². The van der Waals surface area contributed by atoms with Crippen LogP contribution in [-0.4, -0.2) is 35.7 Å². The fourth-order valence-corrected chi connectivity index (χ4v) is 1.30. The molecular formula is C12H23N5O2. The standard InChI is InChI=1S/C12H23N5O2/c1-7(2)6-14-10(18)8(3)15-12-17-16-11(19-12)9(4)13-5/h7-9,13H,6H2,1-5H3,(H,14,18)(H,15,17). The molecule has 0 aliphatic rings. The normalized spacial score (nSPS) is 14.2. The quantitative estimate of drug-likeness (QED) is 0.682. The van der Waals surface area contributed by atoms with E-state index in [1.807, 2.05) is 27.8 Å². The molecule has 1 heterocycles. The fourth-order valence-electron chi connectivity index (χ4n) is 1.30. The Morgan fingerprint density at radius 3 is 2.53 bits per heavy atom. The SMILES string of the molecule is CNC(C)c1nnc(NC(C)C(=O)NCC(C)C)o1. The maximum Gasteiger partial charge on any atom is 0.316 e. The van der Waals surface area contributed by atoms with Gasteiger partial charge in [-0.15, -0.1) is 5.10 Å². The Morgan fingerprint density at radius 2 is 1.95 bits per heavy atom. The molecule has 0 aliphatic heterocycles. The zero-order valence-corrected chi connectivity index (χ0v) is 12.2. The molecule has 1 aromatic heterocycles. The Bertz CT molecular complexity index is 405. The van der Waals surface area contributed by atoms with E-state index in [1.165, 1.54) is 0 Å². The molecule has 1 aromatic rings. The molecule has 0 aliphatic carbocycles. The second-order valence-corrected chi connectivity index (χ2v) is 4.96. The van der Waals surface area contributed by atoms with Crippen LogP contribution in [0, 0.1) is 5.92 Å². The average molecular weight is 269 g/mol. The van der Waals surface area contributed by atoms with Crippen LogP contribution in [0.3, 0.4) is 0 Å². The maximum absolute atomic E-state index is 11.8. The number of hydrogen-bond acceptors (Lipinski definition) is 6. The molecule has 3 N–H and O–H groups in total. The Balaban J connectivity index is 2.49. The van der Waals surface area contributed by atoms with Crippen molar-refractivity contribution in [2.24, 2.45) is 5.92 Å². The van der Waals surface area contributed by atoms with Gasteiger partial charge >= 0.3 is 6.01 Å². The highest BCUT2D eigenvalue weighted by atomic mass is 16.4. The van der Waals surface area contributed by atoms with Gasteiger partial charge in [0.25, 0.3) is 0 Å². The summed E-state index contributed by atoms with van der Waals surface area (Å²) in [6.07, 6.45) is 0. The molecule has 0 bridgehead atoms. The van der Waals surface area contributed by atoms with Crippen molar-refractivity contribution in [3.8, 4) is 0 Å². The minimum Gasteiger partial charge on any atom is -0.406 e. The first-order chi connectivity index (χ1) is 8.93. The highest BCUT2D eigenvalue weighted by molar-refractivity contribution is 5.83. The van der Waals surface area contributed by atoms with Crippen molar-refractivity contribution in [2.45, 2.75) is 39.8 Å². The third-order valence-corrected chi connectivity index (χ3v) is 2.66. The minimum atomic E-state index is -0.419. The van der Waals surface area contributed by atoms with Gasteiger partial charge in [0.2, 0.25) is 11.8 Å². The second kappa shape index (κ2) is 7.08. The monoisotopic (exact) mass is 269 g/mol. The number of nitrogens with zero attached hydrogens (tertiary/aromatic N) is 2. The van der Waals surface area contributed by atoms with E-state index in [2.05, 4.69) is 26.1 Å². The van der Waals surface area contributed by atoms with E-state index >= 15 is 0 Å². The first-order valence-electron chi connectivity index (χ1n) is 6.49. The van der Waals surface area contributed by atoms with E-state index in [9.17, 15) is 4.79 Å². The molecule has 0 saturated carbocycles. The highest BCUT2D eigenvalue weighted by Crippen LogP contribution is 2.13. The molecule has 0 radical (unpaired) electrons. The molecular weight excluding hydrogens is 246 g/mol. The van der Waals surface area contributed by atoms with Gasteiger partial charge in [-0.3, -0.25) is 4.79 Å².